The van der Waals surface area contributed by atoms with Crippen LogP contribution in [-0.4, -0.2) is 4.57 Å². The molecule has 1 aliphatic carbocycles. The minimum absolute atomic E-state index is 0.154. The standard InChI is InChI=1S/C65H47N3/c1-65(2)61-27-15-13-25-57(61)58-35-34-54(43-62(58)65)67(51-23-7-4-8-24-51)56-40-49(39-55(42-56)66(50-21-5-3-6-22-50)52-32-29-44-17-9-11-19-46(44)37-52)48-31-36-64-60(41-48)59-26-14-16-28-63(59)68(64)53-33-30-45-18-10-12-20-47(45)38-53/h3-43H,1-2H3. The summed E-state index contributed by atoms with van der Waals surface area (Å²) in [5.41, 5.74) is 17.5. The maximum absolute atomic E-state index is 2.44. The first kappa shape index (κ1) is 39.7. The molecule has 0 saturated carbocycles. The summed E-state index contributed by atoms with van der Waals surface area (Å²) in [7, 11) is 0. The molecule has 12 aromatic rings. The fourth-order valence-corrected chi connectivity index (χ4v) is 11.0. The predicted molar refractivity (Wildman–Crippen MR) is 288 cm³/mol. The van der Waals surface area contributed by atoms with Crippen LogP contribution in [0.5, 0.6) is 0 Å². The number of benzene rings is 11. The van der Waals surface area contributed by atoms with E-state index < -0.39 is 0 Å². The van der Waals surface area contributed by atoms with Crippen molar-refractivity contribution in [3.8, 4) is 27.9 Å². The van der Waals surface area contributed by atoms with Crippen molar-refractivity contribution >= 4 is 77.5 Å². The van der Waals surface area contributed by atoms with Crippen LogP contribution in [0.1, 0.15) is 25.0 Å². The zero-order valence-corrected chi connectivity index (χ0v) is 38.0. The van der Waals surface area contributed by atoms with Crippen molar-refractivity contribution < 1.29 is 0 Å². The monoisotopic (exact) mass is 869 g/mol. The molecule has 0 aliphatic heterocycles. The molecule has 3 nitrogen and oxygen atoms in total. The Balaban J connectivity index is 1.06. The van der Waals surface area contributed by atoms with Gasteiger partial charge in [0.2, 0.25) is 0 Å². The van der Waals surface area contributed by atoms with Gasteiger partial charge < -0.3 is 14.4 Å². The fraction of sp³-hybridized carbons (Fsp3) is 0.0462. The molecule has 0 bridgehead atoms. The van der Waals surface area contributed by atoms with E-state index in [2.05, 4.69) is 277 Å². The van der Waals surface area contributed by atoms with Crippen molar-refractivity contribution in [3.05, 3.63) is 260 Å². The summed E-state index contributed by atoms with van der Waals surface area (Å²) in [5, 5.41) is 7.32. The van der Waals surface area contributed by atoms with Crippen LogP contribution in [0.3, 0.4) is 0 Å². The van der Waals surface area contributed by atoms with E-state index in [4.69, 9.17) is 0 Å². The van der Waals surface area contributed by atoms with Gasteiger partial charge in [-0.3, -0.25) is 0 Å². The fourth-order valence-electron chi connectivity index (χ4n) is 11.0. The topological polar surface area (TPSA) is 11.4 Å². The average molecular weight is 870 g/mol. The van der Waals surface area contributed by atoms with Gasteiger partial charge in [0.1, 0.15) is 0 Å². The molecule has 1 heterocycles. The first-order valence-corrected chi connectivity index (χ1v) is 23.6. The van der Waals surface area contributed by atoms with Crippen LogP contribution in [-0.2, 0) is 5.41 Å². The van der Waals surface area contributed by atoms with Crippen LogP contribution in [0.2, 0.25) is 0 Å². The molecule has 0 saturated heterocycles. The summed E-state index contributed by atoms with van der Waals surface area (Å²) in [4.78, 5) is 4.86. The van der Waals surface area contributed by atoms with Gasteiger partial charge in [-0.15, -0.1) is 0 Å². The van der Waals surface area contributed by atoms with Crippen LogP contribution >= 0.6 is 0 Å². The molecular formula is C65H47N3. The first-order valence-electron chi connectivity index (χ1n) is 23.6. The Morgan fingerprint density at radius 2 is 0.853 bits per heavy atom. The molecule has 0 fully saturated rings. The number of nitrogens with zero attached hydrogens (tertiary/aromatic N) is 3. The number of para-hydroxylation sites is 3. The second-order valence-corrected chi connectivity index (χ2v) is 18.6. The number of fused-ring (bicyclic) bond motifs is 8. The molecule has 0 spiro atoms. The molecule has 1 aromatic heterocycles. The van der Waals surface area contributed by atoms with E-state index in [1.807, 2.05) is 0 Å². The van der Waals surface area contributed by atoms with E-state index in [-0.39, 0.29) is 5.41 Å². The molecule has 68 heavy (non-hydrogen) atoms. The van der Waals surface area contributed by atoms with Gasteiger partial charge in [-0.05, 0) is 152 Å². The van der Waals surface area contributed by atoms with Crippen LogP contribution in [0.25, 0.3) is 71.3 Å². The molecule has 3 heteroatoms. The van der Waals surface area contributed by atoms with Crippen LogP contribution < -0.4 is 9.80 Å². The Labute approximate surface area is 397 Å². The molecule has 0 atom stereocenters. The average Bonchev–Trinajstić information content (AvgIpc) is 3.84. The van der Waals surface area contributed by atoms with Crippen LogP contribution in [0.15, 0.2) is 249 Å². The molecule has 13 rings (SSSR count). The minimum atomic E-state index is -0.154. The third-order valence-corrected chi connectivity index (χ3v) is 14.3. The summed E-state index contributed by atoms with van der Waals surface area (Å²) in [6, 6.07) is 91.4. The van der Waals surface area contributed by atoms with Crippen LogP contribution in [0.4, 0.5) is 34.1 Å². The smallest absolute Gasteiger partial charge is 0.0541 e. The Hall–Kier alpha value is -8.66. The van der Waals surface area contributed by atoms with Crippen LogP contribution in [0, 0.1) is 0 Å². The molecule has 322 valence electrons. The van der Waals surface area contributed by atoms with E-state index in [1.165, 1.54) is 65.6 Å². The quantitative estimate of drug-likeness (QED) is 0.151. The zero-order valence-electron chi connectivity index (χ0n) is 38.0. The van der Waals surface area contributed by atoms with Crippen molar-refractivity contribution in [2.45, 2.75) is 19.3 Å². The normalized spacial score (nSPS) is 12.7. The van der Waals surface area contributed by atoms with E-state index in [0.717, 1.165) is 50.9 Å². The molecule has 0 amide bonds. The Morgan fingerprint density at radius 1 is 0.309 bits per heavy atom. The molecule has 11 aromatic carbocycles. The largest absolute Gasteiger partial charge is 0.310 e. The lowest BCUT2D eigenvalue weighted by molar-refractivity contribution is 0.660. The number of hydrogen-bond acceptors (Lipinski definition) is 2. The number of anilines is 6. The predicted octanol–water partition coefficient (Wildman–Crippen LogP) is 18.0. The first-order chi connectivity index (χ1) is 33.5. The lowest BCUT2D eigenvalue weighted by atomic mass is 9.82. The maximum atomic E-state index is 2.44. The number of rotatable bonds is 8. The van der Waals surface area contributed by atoms with E-state index >= 15 is 0 Å². The van der Waals surface area contributed by atoms with E-state index in [1.54, 1.807) is 0 Å². The van der Waals surface area contributed by atoms with Gasteiger partial charge in [0.05, 0.1) is 11.0 Å². The summed E-state index contributed by atoms with van der Waals surface area (Å²) < 4.78 is 2.42. The maximum Gasteiger partial charge on any atom is 0.0541 e. The van der Waals surface area contributed by atoms with Gasteiger partial charge in [0, 0.05) is 56.0 Å². The van der Waals surface area contributed by atoms with Crippen molar-refractivity contribution in [1.29, 1.82) is 0 Å². The van der Waals surface area contributed by atoms with E-state index in [9.17, 15) is 0 Å². The summed E-state index contributed by atoms with van der Waals surface area (Å²) in [5.74, 6) is 0. The van der Waals surface area contributed by atoms with Gasteiger partial charge in [0.25, 0.3) is 0 Å². The van der Waals surface area contributed by atoms with Gasteiger partial charge >= 0.3 is 0 Å². The van der Waals surface area contributed by atoms with Gasteiger partial charge in [-0.1, -0.05) is 166 Å². The molecular weight excluding hydrogens is 823 g/mol. The summed E-state index contributed by atoms with van der Waals surface area (Å²) >= 11 is 0. The van der Waals surface area contributed by atoms with Crippen molar-refractivity contribution in [1.82, 2.24) is 4.57 Å². The highest BCUT2D eigenvalue weighted by Gasteiger charge is 2.36. The number of hydrogen-bond donors (Lipinski definition) is 0. The second kappa shape index (κ2) is 15.8. The van der Waals surface area contributed by atoms with Crippen molar-refractivity contribution in [2.24, 2.45) is 0 Å². The molecule has 1 aliphatic rings. The lowest BCUT2D eigenvalue weighted by Gasteiger charge is -2.31. The van der Waals surface area contributed by atoms with E-state index in [0.29, 0.717) is 0 Å². The molecule has 0 unspecified atom stereocenters. The Kier molecular flexibility index (Phi) is 9.19. The van der Waals surface area contributed by atoms with Gasteiger partial charge in [0.15, 0.2) is 0 Å². The third kappa shape index (κ3) is 6.50. The highest BCUT2D eigenvalue weighted by Crippen LogP contribution is 2.51. The molecule has 0 radical (unpaired) electrons. The third-order valence-electron chi connectivity index (χ3n) is 14.3. The number of aromatic nitrogens is 1. The zero-order chi connectivity index (χ0) is 45.3. The summed E-state index contributed by atoms with van der Waals surface area (Å²) in [6.07, 6.45) is 0. The highest BCUT2D eigenvalue weighted by atomic mass is 15.2. The Morgan fingerprint density at radius 3 is 1.57 bits per heavy atom. The lowest BCUT2D eigenvalue weighted by Crippen LogP contribution is -2.17. The minimum Gasteiger partial charge on any atom is -0.310 e. The SMILES string of the molecule is CC1(C)c2ccccc2-c2ccc(N(c3ccccc3)c3cc(-c4ccc5c(c4)c4ccccc4n5-c4ccc5ccccc5c4)cc(N(c4ccccc4)c4ccc5ccccc5c4)c3)cc21. The molecule has 0 N–H and O–H groups in total. The highest BCUT2D eigenvalue weighted by molar-refractivity contribution is 6.11. The second-order valence-electron chi connectivity index (χ2n) is 18.6. The summed E-state index contributed by atoms with van der Waals surface area (Å²) in [6.45, 7) is 4.73. The van der Waals surface area contributed by atoms with Crippen molar-refractivity contribution in [2.75, 3.05) is 9.80 Å². The van der Waals surface area contributed by atoms with Gasteiger partial charge in [-0.2, -0.15) is 0 Å². The van der Waals surface area contributed by atoms with Crippen molar-refractivity contribution in [3.63, 3.8) is 0 Å². The van der Waals surface area contributed by atoms with Gasteiger partial charge in [-0.25, -0.2) is 0 Å². The Bertz CT molecular complexity index is 3900.